The molecule has 57 heavy (non-hydrogen) atoms. The Morgan fingerprint density at radius 1 is 0.807 bits per heavy atom. The van der Waals surface area contributed by atoms with E-state index in [1.165, 1.54) is 49.8 Å². The number of hydrogen-bond donors (Lipinski definition) is 2. The van der Waals surface area contributed by atoms with E-state index in [-0.39, 0.29) is 35.3 Å². The highest BCUT2D eigenvalue weighted by atomic mass is 16.3. The Hall–Kier alpha value is -4.77. The first kappa shape index (κ1) is 36.6. The molecule has 10 rings (SSSR count). The van der Waals surface area contributed by atoms with E-state index >= 15 is 0 Å². The van der Waals surface area contributed by atoms with Gasteiger partial charge in [-0.25, -0.2) is 0 Å². The van der Waals surface area contributed by atoms with Gasteiger partial charge in [0.15, 0.2) is 0 Å². The molecule has 5 amide bonds. The average molecular weight is 772 g/mol. The zero-order valence-electron chi connectivity index (χ0n) is 32.7. The fourth-order valence-corrected chi connectivity index (χ4v) is 12.3. The molecule has 0 aromatic heterocycles. The second-order valence-corrected chi connectivity index (χ2v) is 18.5. The molecule has 5 aliphatic heterocycles. The van der Waals surface area contributed by atoms with Crippen molar-refractivity contribution in [2.75, 3.05) is 37.6 Å². The molecule has 11 heteroatoms. The largest absolute Gasteiger partial charge is 0.508 e. The second-order valence-electron chi connectivity index (χ2n) is 18.5. The number of piperidine rings is 3. The number of aliphatic hydroxyl groups is 1. The lowest BCUT2D eigenvalue weighted by atomic mass is 9.54. The summed E-state index contributed by atoms with van der Waals surface area (Å²) < 4.78 is 0. The van der Waals surface area contributed by atoms with E-state index < -0.39 is 29.7 Å². The first-order valence-electron chi connectivity index (χ1n) is 21.4. The summed E-state index contributed by atoms with van der Waals surface area (Å²) in [6, 6.07) is 12.1. The van der Waals surface area contributed by atoms with Gasteiger partial charge in [-0.1, -0.05) is 31.1 Å². The lowest BCUT2D eigenvalue weighted by molar-refractivity contribution is -0.137. The highest BCUT2D eigenvalue weighted by Crippen LogP contribution is 2.61. The van der Waals surface area contributed by atoms with Crippen LogP contribution in [-0.4, -0.2) is 88.1 Å². The number of imide groups is 2. The standard InChI is InChI=1S/C46H53N5O6/c52-34-7-8-35-30(23-34)11-14-46(12-1-2-13-46)41(35)29-3-5-33(6-4-29)49-19-15-45(16-20-49)17-21-50(22-18-45)40(54)28-48-26-31-24-36-37(25-32(31)27-48)44(57)51(43(36)56)38-9-10-39(53)47-42(38)55/h3-8,23-25,30,35,38,41,52H,1-2,9-22,26-28H2,(H,47,53,55)/t30?,35?,38?,41-/m1/s1. The summed E-state index contributed by atoms with van der Waals surface area (Å²) in [5.74, 6) is -0.0825. The van der Waals surface area contributed by atoms with Crippen molar-refractivity contribution in [3.63, 3.8) is 0 Å². The molecule has 3 saturated heterocycles. The van der Waals surface area contributed by atoms with Gasteiger partial charge in [0.25, 0.3) is 11.8 Å². The van der Waals surface area contributed by atoms with E-state index in [4.69, 9.17) is 0 Å². The lowest BCUT2D eigenvalue weighted by Crippen LogP contribution is -2.54. The highest BCUT2D eigenvalue weighted by Gasteiger charge is 2.50. The van der Waals surface area contributed by atoms with Crippen LogP contribution >= 0.6 is 0 Å². The molecule has 0 radical (unpaired) electrons. The number of rotatable bonds is 5. The van der Waals surface area contributed by atoms with Crippen molar-refractivity contribution >= 4 is 35.2 Å². The summed E-state index contributed by atoms with van der Waals surface area (Å²) in [6.45, 7) is 4.94. The van der Waals surface area contributed by atoms with Gasteiger partial charge in [-0.05, 0) is 139 Å². The summed E-state index contributed by atoms with van der Waals surface area (Å²) in [7, 11) is 0. The zero-order chi connectivity index (χ0) is 39.1. The first-order valence-corrected chi connectivity index (χ1v) is 21.4. The van der Waals surface area contributed by atoms with Crippen molar-refractivity contribution < 1.29 is 29.1 Å². The van der Waals surface area contributed by atoms with Gasteiger partial charge in [-0.2, -0.15) is 0 Å². The number of nitrogens with zero attached hydrogens (tertiary/aromatic N) is 4. The molecular formula is C46H53N5O6. The molecule has 3 aliphatic carbocycles. The number of benzene rings is 2. The number of anilines is 1. The van der Waals surface area contributed by atoms with Gasteiger partial charge >= 0.3 is 0 Å². The van der Waals surface area contributed by atoms with Crippen molar-refractivity contribution in [1.29, 1.82) is 0 Å². The molecule has 4 atom stereocenters. The van der Waals surface area contributed by atoms with Crippen LogP contribution in [0.3, 0.4) is 0 Å². The molecule has 11 nitrogen and oxygen atoms in total. The van der Waals surface area contributed by atoms with Crippen molar-refractivity contribution in [3.05, 3.63) is 88.2 Å². The van der Waals surface area contributed by atoms with Crippen LogP contribution in [0.1, 0.15) is 120 Å². The highest BCUT2D eigenvalue weighted by molar-refractivity contribution is 6.23. The number of carbonyl (C=O) groups excluding carboxylic acids is 5. The van der Waals surface area contributed by atoms with Gasteiger partial charge in [-0.15, -0.1) is 0 Å². The van der Waals surface area contributed by atoms with Crippen LogP contribution in [0.15, 0.2) is 60.4 Å². The minimum atomic E-state index is -0.984. The molecular weight excluding hydrogens is 719 g/mol. The van der Waals surface area contributed by atoms with E-state index in [1.54, 1.807) is 12.1 Å². The maximum Gasteiger partial charge on any atom is 0.262 e. The Bertz CT molecular complexity index is 2040. The Labute approximate surface area is 334 Å². The van der Waals surface area contributed by atoms with E-state index in [2.05, 4.69) is 51.5 Å². The molecule has 5 fully saturated rings. The Kier molecular flexibility index (Phi) is 8.95. The molecule has 2 aromatic rings. The van der Waals surface area contributed by atoms with Crippen LogP contribution in [0, 0.1) is 22.7 Å². The lowest BCUT2D eigenvalue weighted by Gasteiger charge is -2.50. The van der Waals surface area contributed by atoms with Crippen LogP contribution in [0.5, 0.6) is 0 Å². The van der Waals surface area contributed by atoms with Gasteiger partial charge in [0, 0.05) is 51.4 Å². The quantitative estimate of drug-likeness (QED) is 0.355. The van der Waals surface area contributed by atoms with E-state index in [0.717, 1.165) is 67.9 Å². The fourth-order valence-electron chi connectivity index (χ4n) is 12.3. The smallest absolute Gasteiger partial charge is 0.262 e. The maximum atomic E-state index is 13.6. The Morgan fingerprint density at radius 3 is 2.11 bits per heavy atom. The van der Waals surface area contributed by atoms with Gasteiger partial charge in [0.2, 0.25) is 17.7 Å². The van der Waals surface area contributed by atoms with Crippen molar-refractivity contribution in [1.82, 2.24) is 20.0 Å². The maximum absolute atomic E-state index is 13.6. The molecule has 2 spiro atoms. The Morgan fingerprint density at radius 2 is 1.46 bits per heavy atom. The zero-order valence-corrected chi connectivity index (χ0v) is 32.7. The number of hydrogen-bond acceptors (Lipinski definition) is 8. The minimum Gasteiger partial charge on any atom is -0.508 e. The van der Waals surface area contributed by atoms with Gasteiger partial charge in [-0.3, -0.25) is 39.1 Å². The average Bonchev–Trinajstić information content (AvgIpc) is 3.91. The Balaban J connectivity index is 0.721. The van der Waals surface area contributed by atoms with E-state index in [9.17, 15) is 29.1 Å². The normalized spacial score (nSPS) is 29.1. The molecule has 8 aliphatic rings. The third-order valence-electron chi connectivity index (χ3n) is 15.5. The summed E-state index contributed by atoms with van der Waals surface area (Å²) in [4.78, 5) is 72.0. The number of nitrogens with one attached hydrogen (secondary N) is 1. The summed E-state index contributed by atoms with van der Waals surface area (Å²) in [5.41, 5.74) is 5.85. The number of carbonyl (C=O) groups is 5. The van der Waals surface area contributed by atoms with Crippen molar-refractivity contribution in [2.45, 2.75) is 102 Å². The third kappa shape index (κ3) is 6.31. The van der Waals surface area contributed by atoms with Crippen LogP contribution in [0.4, 0.5) is 5.69 Å². The molecule has 2 aromatic carbocycles. The van der Waals surface area contributed by atoms with E-state index in [1.807, 2.05) is 11.0 Å². The minimum absolute atomic E-state index is 0.0856. The van der Waals surface area contributed by atoms with Crippen LogP contribution in [0.25, 0.3) is 0 Å². The SMILES string of the molecule is O=C1CCC(N2C(=O)c3cc4c(cc3C2=O)CN(CC(=O)N2CCC3(CC2)CCN(c2ccc([C@@H]5C6C=CC(O)=CC6CCC56CCCC6)cc2)CC3)C4)C(=O)N1. The fraction of sp³-hybridized carbons (Fsp3) is 0.543. The van der Waals surface area contributed by atoms with Crippen molar-refractivity contribution in [3.8, 4) is 0 Å². The molecule has 5 heterocycles. The molecule has 3 unspecified atom stereocenters. The van der Waals surface area contributed by atoms with Crippen molar-refractivity contribution in [2.24, 2.45) is 22.7 Å². The molecule has 2 saturated carbocycles. The number of allylic oxidation sites excluding steroid dienone is 3. The van der Waals surface area contributed by atoms with Gasteiger partial charge in [0.05, 0.1) is 17.7 Å². The number of fused-ring (bicyclic) bond motifs is 3. The topological polar surface area (TPSA) is 131 Å². The summed E-state index contributed by atoms with van der Waals surface area (Å²) in [5, 5.41) is 12.5. The molecule has 0 bridgehead atoms. The van der Waals surface area contributed by atoms with Crippen LogP contribution in [0.2, 0.25) is 0 Å². The molecule has 2 N–H and O–H groups in total. The van der Waals surface area contributed by atoms with Crippen LogP contribution < -0.4 is 10.2 Å². The predicted octanol–water partition coefficient (Wildman–Crippen LogP) is 5.99. The van der Waals surface area contributed by atoms with E-state index in [0.29, 0.717) is 48.6 Å². The second kappa shape index (κ2) is 14.0. The predicted molar refractivity (Wildman–Crippen MR) is 213 cm³/mol. The van der Waals surface area contributed by atoms with Crippen LogP contribution in [-0.2, 0) is 27.5 Å². The van der Waals surface area contributed by atoms with Gasteiger partial charge < -0.3 is 14.9 Å². The summed E-state index contributed by atoms with van der Waals surface area (Å²) in [6.07, 6.45) is 18.6. The summed E-state index contributed by atoms with van der Waals surface area (Å²) >= 11 is 0. The first-order chi connectivity index (χ1) is 27.6. The third-order valence-corrected chi connectivity index (χ3v) is 15.5. The number of likely N-dealkylation sites (tertiary alicyclic amines) is 1. The number of amides is 5. The molecule has 298 valence electrons. The monoisotopic (exact) mass is 771 g/mol. The van der Waals surface area contributed by atoms with Gasteiger partial charge in [0.1, 0.15) is 11.8 Å². The number of aliphatic hydroxyl groups excluding tert-OH is 1.